The summed E-state index contributed by atoms with van der Waals surface area (Å²) in [5.41, 5.74) is 2.75. The number of fused-ring (bicyclic) bond motifs is 1. The molecule has 2 heterocycles. The van der Waals surface area contributed by atoms with E-state index >= 15 is 0 Å². The summed E-state index contributed by atoms with van der Waals surface area (Å²) in [6.07, 6.45) is -2.44. The molecule has 5 nitrogen and oxygen atoms in total. The predicted molar refractivity (Wildman–Crippen MR) is 122 cm³/mol. The van der Waals surface area contributed by atoms with Gasteiger partial charge in [-0.3, -0.25) is 9.59 Å². The van der Waals surface area contributed by atoms with Gasteiger partial charge in [0.05, 0.1) is 11.6 Å². The van der Waals surface area contributed by atoms with Crippen molar-refractivity contribution in [3.8, 4) is 0 Å². The summed E-state index contributed by atoms with van der Waals surface area (Å²) < 4.78 is 40.8. The molecule has 3 aromatic rings. The molecule has 1 unspecified atom stereocenters. The van der Waals surface area contributed by atoms with Gasteiger partial charge in [-0.25, -0.2) is 0 Å². The molecule has 0 radical (unpaired) electrons. The van der Waals surface area contributed by atoms with Gasteiger partial charge in [-0.15, -0.1) is 0 Å². The topological polar surface area (TPSA) is 54.3 Å². The van der Waals surface area contributed by atoms with Gasteiger partial charge >= 0.3 is 6.18 Å². The van der Waals surface area contributed by atoms with E-state index in [9.17, 15) is 22.8 Å². The van der Waals surface area contributed by atoms with Crippen molar-refractivity contribution in [3.05, 3.63) is 94.8 Å². The van der Waals surface area contributed by atoms with Crippen LogP contribution in [0, 0.1) is 6.92 Å². The summed E-state index contributed by atoms with van der Waals surface area (Å²) in [6.45, 7) is 3.20. The monoisotopic (exact) mass is 469 g/mol. The van der Waals surface area contributed by atoms with Crippen LogP contribution in [0.4, 0.5) is 13.2 Å². The summed E-state index contributed by atoms with van der Waals surface area (Å²) in [4.78, 5) is 27.3. The first kappa shape index (κ1) is 23.6. The van der Waals surface area contributed by atoms with Crippen molar-refractivity contribution in [2.45, 2.75) is 45.1 Å². The second-order valence-electron chi connectivity index (χ2n) is 8.45. The first-order valence-electron chi connectivity index (χ1n) is 11.2. The van der Waals surface area contributed by atoms with Gasteiger partial charge in [0, 0.05) is 44.4 Å². The molecule has 0 saturated carbocycles. The zero-order chi connectivity index (χ0) is 24.3. The number of rotatable bonds is 6. The SMILES string of the molecule is Cc1ccccc1C1c2cccn2CCN1C(=O)CCC(=O)NCc1cccc(C(F)(F)F)c1. The van der Waals surface area contributed by atoms with Gasteiger partial charge in [0.15, 0.2) is 0 Å². The third kappa shape index (κ3) is 5.16. The fraction of sp³-hybridized carbons (Fsp3) is 0.308. The van der Waals surface area contributed by atoms with Gasteiger partial charge in [0.1, 0.15) is 0 Å². The lowest BCUT2D eigenvalue weighted by molar-refractivity contribution is -0.137. The smallest absolute Gasteiger partial charge is 0.352 e. The molecular weight excluding hydrogens is 443 g/mol. The van der Waals surface area contributed by atoms with Crippen LogP contribution < -0.4 is 5.32 Å². The highest BCUT2D eigenvalue weighted by molar-refractivity contribution is 5.84. The second-order valence-corrected chi connectivity index (χ2v) is 8.45. The fourth-order valence-corrected chi connectivity index (χ4v) is 4.38. The number of nitrogens with one attached hydrogen (secondary N) is 1. The highest BCUT2D eigenvalue weighted by Gasteiger charge is 2.33. The van der Waals surface area contributed by atoms with E-state index in [0.717, 1.165) is 29.0 Å². The largest absolute Gasteiger partial charge is 0.416 e. The molecule has 1 aromatic heterocycles. The molecule has 0 bridgehead atoms. The Morgan fingerprint density at radius 2 is 1.79 bits per heavy atom. The molecule has 1 aliphatic heterocycles. The molecule has 4 rings (SSSR count). The quantitative estimate of drug-likeness (QED) is 0.562. The van der Waals surface area contributed by atoms with Crippen molar-refractivity contribution in [2.75, 3.05) is 6.54 Å². The van der Waals surface area contributed by atoms with E-state index in [1.54, 1.807) is 0 Å². The highest BCUT2D eigenvalue weighted by atomic mass is 19.4. The maximum atomic E-state index is 13.2. The van der Waals surface area contributed by atoms with E-state index < -0.39 is 11.7 Å². The minimum Gasteiger partial charge on any atom is -0.352 e. The summed E-state index contributed by atoms with van der Waals surface area (Å²) in [7, 11) is 0. The Labute approximate surface area is 196 Å². The minimum absolute atomic E-state index is 0.0253. The van der Waals surface area contributed by atoms with Gasteiger partial charge in [-0.05, 0) is 47.9 Å². The molecule has 1 N–H and O–H groups in total. The third-order valence-corrected chi connectivity index (χ3v) is 6.15. The Morgan fingerprint density at radius 3 is 2.56 bits per heavy atom. The van der Waals surface area contributed by atoms with Crippen molar-refractivity contribution in [1.29, 1.82) is 0 Å². The molecule has 0 saturated heterocycles. The van der Waals surface area contributed by atoms with Crippen molar-refractivity contribution in [2.24, 2.45) is 0 Å². The lowest BCUT2D eigenvalue weighted by Gasteiger charge is -2.38. The molecule has 0 spiro atoms. The second kappa shape index (κ2) is 9.75. The van der Waals surface area contributed by atoms with Gasteiger partial charge in [-0.1, -0.05) is 36.4 Å². The van der Waals surface area contributed by atoms with Crippen LogP contribution in [0.1, 0.15) is 46.8 Å². The van der Waals surface area contributed by atoms with E-state index in [2.05, 4.69) is 9.88 Å². The number of carbonyl (C=O) groups is 2. The Kier molecular flexibility index (Phi) is 6.77. The van der Waals surface area contributed by atoms with E-state index in [1.165, 1.54) is 12.1 Å². The van der Waals surface area contributed by atoms with Crippen molar-refractivity contribution in [1.82, 2.24) is 14.8 Å². The number of benzene rings is 2. The number of hydrogen-bond acceptors (Lipinski definition) is 2. The maximum absolute atomic E-state index is 13.2. The van der Waals surface area contributed by atoms with Crippen LogP contribution in [0.25, 0.3) is 0 Å². The number of aromatic nitrogens is 1. The number of aryl methyl sites for hydroxylation is 1. The van der Waals surface area contributed by atoms with Gasteiger partial charge in [0.2, 0.25) is 11.8 Å². The molecule has 1 aliphatic rings. The third-order valence-electron chi connectivity index (χ3n) is 6.15. The molecule has 0 aliphatic carbocycles. The normalized spacial score (nSPS) is 15.6. The maximum Gasteiger partial charge on any atom is 0.416 e. The molecule has 178 valence electrons. The Bertz CT molecular complexity index is 1190. The standard InChI is InChI=1S/C26H26F3N3O2/c1-18-6-2-3-9-21(18)25-22-10-5-13-31(22)14-15-32(25)24(34)12-11-23(33)30-17-19-7-4-8-20(16-19)26(27,28)29/h2-10,13,16,25H,11-12,14-15,17H2,1H3,(H,30,33). The summed E-state index contributed by atoms with van der Waals surface area (Å²) in [5, 5.41) is 2.62. The predicted octanol–water partition coefficient (Wildman–Crippen LogP) is 4.84. The van der Waals surface area contributed by atoms with Crippen molar-refractivity contribution in [3.63, 3.8) is 0 Å². The van der Waals surface area contributed by atoms with Crippen molar-refractivity contribution >= 4 is 11.8 Å². The van der Waals surface area contributed by atoms with Crippen LogP contribution in [0.15, 0.2) is 66.9 Å². The molecule has 2 aromatic carbocycles. The Hall–Kier alpha value is -3.55. The van der Waals surface area contributed by atoms with Crippen LogP contribution in [-0.2, 0) is 28.9 Å². The van der Waals surface area contributed by atoms with E-state index in [4.69, 9.17) is 0 Å². The van der Waals surface area contributed by atoms with E-state index in [1.807, 2.05) is 54.4 Å². The molecule has 2 amide bonds. The lowest BCUT2D eigenvalue weighted by atomic mass is 9.95. The number of carbonyl (C=O) groups excluding carboxylic acids is 2. The zero-order valence-electron chi connectivity index (χ0n) is 18.8. The number of halogens is 3. The summed E-state index contributed by atoms with van der Waals surface area (Å²) in [6, 6.07) is 16.5. The number of nitrogens with zero attached hydrogens (tertiary/aromatic N) is 2. The number of alkyl halides is 3. The number of hydrogen-bond donors (Lipinski definition) is 1. The van der Waals surface area contributed by atoms with Crippen LogP contribution in [0.3, 0.4) is 0 Å². The minimum atomic E-state index is -4.44. The Balaban J connectivity index is 1.39. The first-order valence-corrected chi connectivity index (χ1v) is 11.2. The Morgan fingerprint density at radius 1 is 1.00 bits per heavy atom. The molecule has 1 atom stereocenters. The van der Waals surface area contributed by atoms with Crippen LogP contribution >= 0.6 is 0 Å². The van der Waals surface area contributed by atoms with Crippen LogP contribution in [0.5, 0.6) is 0 Å². The number of amides is 2. The van der Waals surface area contributed by atoms with Crippen LogP contribution in [0.2, 0.25) is 0 Å². The highest BCUT2D eigenvalue weighted by Crippen LogP contribution is 2.34. The summed E-state index contributed by atoms with van der Waals surface area (Å²) in [5.74, 6) is -0.506. The zero-order valence-corrected chi connectivity index (χ0v) is 18.8. The molecule has 0 fully saturated rings. The molecule has 34 heavy (non-hydrogen) atoms. The lowest BCUT2D eigenvalue weighted by Crippen LogP contribution is -2.43. The first-order chi connectivity index (χ1) is 16.2. The van der Waals surface area contributed by atoms with E-state index in [0.29, 0.717) is 18.7 Å². The molecular formula is C26H26F3N3O2. The average Bonchev–Trinajstić information content (AvgIpc) is 3.30. The molecule has 8 heteroatoms. The fourth-order valence-electron chi connectivity index (χ4n) is 4.38. The van der Waals surface area contributed by atoms with Gasteiger partial charge in [0.25, 0.3) is 0 Å². The van der Waals surface area contributed by atoms with Crippen molar-refractivity contribution < 1.29 is 22.8 Å². The summed E-state index contributed by atoms with van der Waals surface area (Å²) >= 11 is 0. The van der Waals surface area contributed by atoms with Gasteiger partial charge in [-0.2, -0.15) is 13.2 Å². The van der Waals surface area contributed by atoms with E-state index in [-0.39, 0.29) is 37.2 Å². The van der Waals surface area contributed by atoms with Gasteiger partial charge < -0.3 is 14.8 Å². The van der Waals surface area contributed by atoms with Crippen LogP contribution in [-0.4, -0.2) is 27.8 Å². The average molecular weight is 470 g/mol.